The fraction of sp³-hybridized carbons (Fsp3) is 0.471. The van der Waals surface area contributed by atoms with Crippen LogP contribution in [0.25, 0.3) is 0 Å². The lowest BCUT2D eigenvalue weighted by Crippen LogP contribution is -2.30. The van der Waals surface area contributed by atoms with E-state index < -0.39 is 0 Å². The van der Waals surface area contributed by atoms with Gasteiger partial charge in [0.2, 0.25) is 5.91 Å². The molecule has 1 amide bonds. The van der Waals surface area contributed by atoms with Gasteiger partial charge >= 0.3 is 0 Å². The maximum Gasteiger partial charge on any atom is 0.224 e. The number of amides is 1. The SMILES string of the molecule is CC1=CCN(CCCC(=O)Nc2ccc(CN)cc2)CC1. The van der Waals surface area contributed by atoms with E-state index >= 15 is 0 Å². The van der Waals surface area contributed by atoms with Crippen LogP contribution in [0.3, 0.4) is 0 Å². The maximum absolute atomic E-state index is 11.9. The van der Waals surface area contributed by atoms with Crippen LogP contribution in [0.5, 0.6) is 0 Å². The fourth-order valence-corrected chi connectivity index (χ4v) is 2.43. The van der Waals surface area contributed by atoms with Gasteiger partial charge in [0.05, 0.1) is 0 Å². The second-order valence-electron chi connectivity index (χ2n) is 5.65. The normalized spacial score (nSPS) is 15.6. The Balaban J connectivity index is 1.67. The van der Waals surface area contributed by atoms with E-state index in [0.717, 1.165) is 43.7 Å². The molecule has 0 unspecified atom stereocenters. The lowest BCUT2D eigenvalue weighted by atomic mass is 10.1. The molecule has 0 saturated carbocycles. The molecule has 0 saturated heterocycles. The highest BCUT2D eigenvalue weighted by Gasteiger charge is 2.09. The van der Waals surface area contributed by atoms with E-state index in [4.69, 9.17) is 5.73 Å². The zero-order valence-electron chi connectivity index (χ0n) is 12.8. The molecule has 3 N–H and O–H groups in total. The molecule has 1 aromatic rings. The van der Waals surface area contributed by atoms with Gasteiger partial charge in [0.15, 0.2) is 0 Å². The zero-order valence-corrected chi connectivity index (χ0v) is 12.8. The van der Waals surface area contributed by atoms with Gasteiger partial charge in [0, 0.05) is 31.7 Å². The predicted octanol–water partition coefficient (Wildman–Crippen LogP) is 2.52. The predicted molar refractivity (Wildman–Crippen MR) is 87.0 cm³/mol. The Morgan fingerprint density at radius 3 is 2.71 bits per heavy atom. The number of carbonyl (C=O) groups excluding carboxylic acids is 1. The number of hydrogen-bond acceptors (Lipinski definition) is 3. The lowest BCUT2D eigenvalue weighted by molar-refractivity contribution is -0.116. The van der Waals surface area contributed by atoms with Crippen LogP contribution in [0.1, 0.15) is 31.7 Å². The molecule has 2 rings (SSSR count). The van der Waals surface area contributed by atoms with Crippen LogP contribution >= 0.6 is 0 Å². The van der Waals surface area contributed by atoms with Crippen molar-refractivity contribution in [3.63, 3.8) is 0 Å². The number of nitrogens with zero attached hydrogens (tertiary/aromatic N) is 1. The molecule has 114 valence electrons. The molecule has 0 aliphatic carbocycles. The summed E-state index contributed by atoms with van der Waals surface area (Å²) in [6, 6.07) is 7.69. The highest BCUT2D eigenvalue weighted by atomic mass is 16.1. The molecule has 0 aromatic heterocycles. The summed E-state index contributed by atoms with van der Waals surface area (Å²) in [5, 5.41) is 2.93. The second kappa shape index (κ2) is 7.96. The molecule has 0 radical (unpaired) electrons. The van der Waals surface area contributed by atoms with E-state index in [2.05, 4.69) is 23.2 Å². The summed E-state index contributed by atoms with van der Waals surface area (Å²) in [6.45, 7) is 5.83. The topological polar surface area (TPSA) is 58.4 Å². The summed E-state index contributed by atoms with van der Waals surface area (Å²) in [7, 11) is 0. The molecule has 0 spiro atoms. The van der Waals surface area contributed by atoms with Crippen molar-refractivity contribution >= 4 is 11.6 Å². The summed E-state index contributed by atoms with van der Waals surface area (Å²) >= 11 is 0. The Kier molecular flexibility index (Phi) is 5.96. The molecule has 1 heterocycles. The Morgan fingerprint density at radius 1 is 1.33 bits per heavy atom. The van der Waals surface area contributed by atoms with Gasteiger partial charge in [0.25, 0.3) is 0 Å². The second-order valence-corrected chi connectivity index (χ2v) is 5.65. The first-order chi connectivity index (χ1) is 10.2. The minimum Gasteiger partial charge on any atom is -0.326 e. The first-order valence-corrected chi connectivity index (χ1v) is 7.64. The van der Waals surface area contributed by atoms with Crippen molar-refractivity contribution in [3.8, 4) is 0 Å². The number of rotatable bonds is 6. The highest BCUT2D eigenvalue weighted by molar-refractivity contribution is 5.90. The minimum absolute atomic E-state index is 0.0826. The van der Waals surface area contributed by atoms with E-state index in [9.17, 15) is 4.79 Å². The van der Waals surface area contributed by atoms with E-state index in [1.165, 1.54) is 5.57 Å². The maximum atomic E-state index is 11.9. The number of carbonyl (C=O) groups is 1. The summed E-state index contributed by atoms with van der Waals surface area (Å²) in [5.41, 5.74) is 8.94. The fourth-order valence-electron chi connectivity index (χ4n) is 2.43. The molecule has 1 aliphatic heterocycles. The van der Waals surface area contributed by atoms with Crippen LogP contribution < -0.4 is 11.1 Å². The number of benzene rings is 1. The van der Waals surface area contributed by atoms with Crippen LogP contribution in [-0.4, -0.2) is 30.4 Å². The van der Waals surface area contributed by atoms with Crippen LogP contribution in [0.4, 0.5) is 5.69 Å². The van der Waals surface area contributed by atoms with Crippen molar-refractivity contribution in [1.82, 2.24) is 4.90 Å². The van der Waals surface area contributed by atoms with Gasteiger partial charge in [0.1, 0.15) is 0 Å². The molecular weight excluding hydrogens is 262 g/mol. The zero-order chi connectivity index (χ0) is 15.1. The molecule has 0 fully saturated rings. The van der Waals surface area contributed by atoms with Gasteiger partial charge in [-0.05, 0) is 44.0 Å². The minimum atomic E-state index is 0.0826. The van der Waals surface area contributed by atoms with Gasteiger partial charge in [-0.15, -0.1) is 0 Å². The summed E-state index contributed by atoms with van der Waals surface area (Å²) in [4.78, 5) is 14.3. The summed E-state index contributed by atoms with van der Waals surface area (Å²) in [6.07, 6.45) is 4.90. The van der Waals surface area contributed by atoms with Crippen molar-refractivity contribution in [1.29, 1.82) is 0 Å². The Morgan fingerprint density at radius 2 is 2.10 bits per heavy atom. The van der Waals surface area contributed by atoms with Crippen molar-refractivity contribution in [2.75, 3.05) is 25.0 Å². The average molecular weight is 287 g/mol. The van der Waals surface area contributed by atoms with Gasteiger partial charge in [-0.3, -0.25) is 9.69 Å². The Labute approximate surface area is 127 Å². The standard InChI is InChI=1S/C17H25N3O/c1-14-8-11-20(12-9-14)10-2-3-17(21)19-16-6-4-15(13-18)5-7-16/h4-8H,2-3,9-13,18H2,1H3,(H,19,21). The number of nitrogens with two attached hydrogens (primary N) is 1. The van der Waals surface area contributed by atoms with Gasteiger partial charge < -0.3 is 11.1 Å². The lowest BCUT2D eigenvalue weighted by Gasteiger charge is -2.24. The molecular formula is C17H25N3O. The molecule has 0 bridgehead atoms. The quantitative estimate of drug-likeness (QED) is 0.790. The van der Waals surface area contributed by atoms with Gasteiger partial charge in [-0.2, -0.15) is 0 Å². The van der Waals surface area contributed by atoms with E-state index in [1.54, 1.807) is 0 Å². The first-order valence-electron chi connectivity index (χ1n) is 7.64. The molecule has 1 aliphatic rings. The monoisotopic (exact) mass is 287 g/mol. The van der Waals surface area contributed by atoms with E-state index in [0.29, 0.717) is 13.0 Å². The van der Waals surface area contributed by atoms with E-state index in [1.807, 2.05) is 24.3 Å². The highest BCUT2D eigenvalue weighted by Crippen LogP contribution is 2.12. The third-order valence-electron chi connectivity index (χ3n) is 3.87. The van der Waals surface area contributed by atoms with Crippen LogP contribution in [0.15, 0.2) is 35.9 Å². The summed E-state index contributed by atoms with van der Waals surface area (Å²) in [5.74, 6) is 0.0826. The van der Waals surface area contributed by atoms with Gasteiger partial charge in [-0.25, -0.2) is 0 Å². The molecule has 0 atom stereocenters. The summed E-state index contributed by atoms with van der Waals surface area (Å²) < 4.78 is 0. The van der Waals surface area contributed by atoms with Gasteiger partial charge in [-0.1, -0.05) is 23.8 Å². The van der Waals surface area contributed by atoms with Crippen molar-refractivity contribution < 1.29 is 4.79 Å². The first kappa shape index (κ1) is 15.7. The third kappa shape index (κ3) is 5.33. The third-order valence-corrected chi connectivity index (χ3v) is 3.87. The Bertz CT molecular complexity index is 493. The molecule has 21 heavy (non-hydrogen) atoms. The Hall–Kier alpha value is -1.65. The van der Waals surface area contributed by atoms with Crippen molar-refractivity contribution in [2.24, 2.45) is 5.73 Å². The molecule has 1 aromatic carbocycles. The van der Waals surface area contributed by atoms with Crippen LogP contribution in [0, 0.1) is 0 Å². The largest absolute Gasteiger partial charge is 0.326 e. The average Bonchev–Trinajstić information content (AvgIpc) is 2.50. The van der Waals surface area contributed by atoms with Crippen molar-refractivity contribution in [2.45, 2.75) is 32.7 Å². The smallest absolute Gasteiger partial charge is 0.224 e. The van der Waals surface area contributed by atoms with E-state index in [-0.39, 0.29) is 5.91 Å². The number of anilines is 1. The van der Waals surface area contributed by atoms with Crippen LogP contribution in [-0.2, 0) is 11.3 Å². The van der Waals surface area contributed by atoms with Crippen LogP contribution in [0.2, 0.25) is 0 Å². The molecule has 4 heteroatoms. The van der Waals surface area contributed by atoms with Crippen molar-refractivity contribution in [3.05, 3.63) is 41.5 Å². The molecule has 4 nitrogen and oxygen atoms in total. The number of hydrogen-bond donors (Lipinski definition) is 2. The number of nitrogens with one attached hydrogen (secondary N) is 1.